The number of carbonyl (C=O) groups excluding carboxylic acids is 1. The number of ether oxygens (including phenoxy) is 1. The molecule has 10 heteroatoms. The number of benzene rings is 2. The summed E-state index contributed by atoms with van der Waals surface area (Å²) in [5, 5.41) is 3.21. The molecule has 0 aliphatic carbocycles. The summed E-state index contributed by atoms with van der Waals surface area (Å²) in [5.41, 5.74) is 0.614. The monoisotopic (exact) mass is 457 g/mol. The number of fused-ring (bicyclic) bond motifs is 1. The molecule has 0 saturated heterocycles. The quantitative estimate of drug-likeness (QED) is 0.543. The van der Waals surface area contributed by atoms with Crippen molar-refractivity contribution >= 4 is 44.2 Å². The number of hydrogen-bond donors (Lipinski definition) is 1. The standard InChI is InChI=1S/C20H19ClF3N3O2S/c1-27(2)7-6-11-8-13(21)10-14(17(11)29-3)18(28)26-19-25-15-5-4-12(20(22,23)24)9-16(15)30-19/h4-5,8-10H,6-7H2,1-3H3,(H,25,26,28). The second kappa shape index (κ2) is 8.79. The minimum atomic E-state index is -4.45. The number of thiazole rings is 1. The zero-order chi connectivity index (χ0) is 22.1. The fraction of sp³-hybridized carbons (Fsp3) is 0.300. The minimum absolute atomic E-state index is 0.186. The molecule has 0 unspecified atom stereocenters. The Bertz CT molecular complexity index is 1080. The van der Waals surface area contributed by atoms with E-state index in [2.05, 4.69) is 10.3 Å². The van der Waals surface area contributed by atoms with E-state index in [-0.39, 0.29) is 10.7 Å². The molecule has 3 aromatic rings. The predicted molar refractivity (Wildman–Crippen MR) is 113 cm³/mol. The van der Waals surface area contributed by atoms with E-state index < -0.39 is 17.6 Å². The number of hydrogen-bond acceptors (Lipinski definition) is 5. The van der Waals surface area contributed by atoms with Crippen LogP contribution in [-0.4, -0.2) is 43.5 Å². The molecule has 0 aliphatic rings. The van der Waals surface area contributed by atoms with E-state index in [1.165, 1.54) is 19.2 Å². The van der Waals surface area contributed by atoms with Crippen molar-refractivity contribution in [2.24, 2.45) is 0 Å². The van der Waals surface area contributed by atoms with Gasteiger partial charge in [-0.25, -0.2) is 4.98 Å². The Morgan fingerprint density at radius 3 is 2.63 bits per heavy atom. The predicted octanol–water partition coefficient (Wildman–Crippen LogP) is 5.33. The smallest absolute Gasteiger partial charge is 0.416 e. The molecule has 0 aliphatic heterocycles. The van der Waals surface area contributed by atoms with Crippen LogP contribution < -0.4 is 10.1 Å². The van der Waals surface area contributed by atoms with Crippen molar-refractivity contribution in [3.8, 4) is 5.75 Å². The first kappa shape index (κ1) is 22.3. The summed E-state index contributed by atoms with van der Waals surface area (Å²) < 4.78 is 44.5. The lowest BCUT2D eigenvalue weighted by Crippen LogP contribution is -2.17. The van der Waals surface area contributed by atoms with Crippen molar-refractivity contribution in [1.82, 2.24) is 9.88 Å². The number of methoxy groups -OCH3 is 1. The maximum Gasteiger partial charge on any atom is 0.416 e. The zero-order valence-electron chi connectivity index (χ0n) is 16.4. The number of likely N-dealkylation sites (N-methyl/N-ethyl adjacent to an activating group) is 1. The lowest BCUT2D eigenvalue weighted by Gasteiger charge is -2.16. The zero-order valence-corrected chi connectivity index (χ0v) is 18.0. The maximum absolute atomic E-state index is 12.9. The molecule has 0 radical (unpaired) electrons. The van der Waals surface area contributed by atoms with Gasteiger partial charge in [0, 0.05) is 11.6 Å². The van der Waals surface area contributed by atoms with Crippen LogP contribution in [0.3, 0.4) is 0 Å². The van der Waals surface area contributed by atoms with Crippen LogP contribution in [0.25, 0.3) is 10.2 Å². The molecule has 0 saturated carbocycles. The Kier molecular flexibility index (Phi) is 6.54. The topological polar surface area (TPSA) is 54.5 Å². The molecule has 2 aromatic carbocycles. The molecule has 0 fully saturated rings. The molecule has 0 bridgehead atoms. The van der Waals surface area contributed by atoms with Crippen LogP contribution >= 0.6 is 22.9 Å². The Hall–Kier alpha value is -2.36. The molecule has 3 rings (SSSR count). The van der Waals surface area contributed by atoms with Crippen LogP contribution in [0, 0.1) is 0 Å². The van der Waals surface area contributed by atoms with Crippen molar-refractivity contribution in [3.05, 3.63) is 52.0 Å². The molecular weight excluding hydrogens is 439 g/mol. The van der Waals surface area contributed by atoms with Gasteiger partial charge < -0.3 is 9.64 Å². The van der Waals surface area contributed by atoms with Crippen molar-refractivity contribution < 1.29 is 22.7 Å². The maximum atomic E-state index is 12.9. The minimum Gasteiger partial charge on any atom is -0.496 e. The fourth-order valence-corrected chi connectivity index (χ4v) is 4.05. The second-order valence-corrected chi connectivity index (χ2v) is 8.32. The fourth-order valence-electron chi connectivity index (χ4n) is 2.91. The number of nitrogens with zero attached hydrogens (tertiary/aromatic N) is 2. The number of anilines is 1. The van der Waals surface area contributed by atoms with Gasteiger partial charge >= 0.3 is 6.18 Å². The van der Waals surface area contributed by atoms with E-state index in [0.717, 1.165) is 35.6 Å². The summed E-state index contributed by atoms with van der Waals surface area (Å²) in [5.74, 6) is -0.102. The Labute approximate surface area is 180 Å². The van der Waals surface area contributed by atoms with E-state index in [4.69, 9.17) is 16.3 Å². The number of nitrogens with one attached hydrogen (secondary N) is 1. The summed E-state index contributed by atoms with van der Waals surface area (Å²) in [6.45, 7) is 0.733. The highest BCUT2D eigenvalue weighted by Gasteiger charge is 2.30. The summed E-state index contributed by atoms with van der Waals surface area (Å²) in [7, 11) is 5.33. The van der Waals surface area contributed by atoms with E-state index in [1.807, 2.05) is 19.0 Å². The van der Waals surface area contributed by atoms with E-state index >= 15 is 0 Å². The van der Waals surface area contributed by atoms with Crippen LogP contribution in [-0.2, 0) is 12.6 Å². The molecule has 1 N–H and O–H groups in total. The number of halogens is 4. The highest BCUT2D eigenvalue weighted by atomic mass is 35.5. The summed E-state index contributed by atoms with van der Waals surface area (Å²) in [6.07, 6.45) is -3.82. The lowest BCUT2D eigenvalue weighted by atomic mass is 10.0. The van der Waals surface area contributed by atoms with Crippen molar-refractivity contribution in [2.45, 2.75) is 12.6 Å². The van der Waals surface area contributed by atoms with Gasteiger partial charge in [0.2, 0.25) is 0 Å². The second-order valence-electron chi connectivity index (χ2n) is 6.85. The van der Waals surface area contributed by atoms with E-state index in [0.29, 0.717) is 27.4 Å². The molecule has 30 heavy (non-hydrogen) atoms. The first-order chi connectivity index (χ1) is 14.1. The van der Waals surface area contributed by atoms with E-state index in [9.17, 15) is 18.0 Å². The van der Waals surface area contributed by atoms with Gasteiger partial charge in [-0.3, -0.25) is 10.1 Å². The van der Waals surface area contributed by atoms with Crippen LogP contribution in [0.1, 0.15) is 21.5 Å². The number of alkyl halides is 3. The molecule has 1 aromatic heterocycles. The average Bonchev–Trinajstić information content (AvgIpc) is 3.06. The molecule has 5 nitrogen and oxygen atoms in total. The van der Waals surface area contributed by atoms with Gasteiger partial charge in [-0.05, 0) is 56.4 Å². The SMILES string of the molecule is COc1c(CCN(C)C)cc(Cl)cc1C(=O)Nc1nc2ccc(C(F)(F)F)cc2s1. The van der Waals surface area contributed by atoms with Gasteiger partial charge in [0.05, 0.1) is 28.5 Å². The average molecular weight is 458 g/mol. The third-order valence-corrected chi connectivity index (χ3v) is 5.50. The Balaban J connectivity index is 1.90. The number of carbonyl (C=O) groups is 1. The van der Waals surface area contributed by atoms with Gasteiger partial charge in [0.15, 0.2) is 5.13 Å². The molecule has 1 amide bonds. The van der Waals surface area contributed by atoms with Gasteiger partial charge in [-0.2, -0.15) is 13.2 Å². The summed E-state index contributed by atoms with van der Waals surface area (Å²) in [6, 6.07) is 6.50. The molecule has 0 spiro atoms. The third-order valence-electron chi connectivity index (χ3n) is 4.34. The highest BCUT2D eigenvalue weighted by molar-refractivity contribution is 7.22. The summed E-state index contributed by atoms with van der Waals surface area (Å²) in [4.78, 5) is 19.1. The molecule has 160 valence electrons. The molecule has 1 heterocycles. The molecular formula is C20H19ClF3N3O2S. The van der Waals surface area contributed by atoms with Crippen molar-refractivity contribution in [1.29, 1.82) is 0 Å². The summed E-state index contributed by atoms with van der Waals surface area (Å²) >= 11 is 7.16. The van der Waals surface area contributed by atoms with Crippen LogP contribution in [0.4, 0.5) is 18.3 Å². The first-order valence-corrected chi connectivity index (χ1v) is 10.1. The number of amides is 1. The number of aromatic nitrogens is 1. The number of rotatable bonds is 6. The van der Waals surface area contributed by atoms with E-state index in [1.54, 1.807) is 6.07 Å². The van der Waals surface area contributed by atoms with Crippen molar-refractivity contribution in [2.75, 3.05) is 33.1 Å². The normalized spacial score (nSPS) is 11.9. The van der Waals surface area contributed by atoms with Gasteiger partial charge in [-0.15, -0.1) is 0 Å². The van der Waals surface area contributed by atoms with Gasteiger partial charge in [0.1, 0.15) is 5.75 Å². The lowest BCUT2D eigenvalue weighted by molar-refractivity contribution is -0.137. The Morgan fingerprint density at radius 2 is 2.00 bits per heavy atom. The largest absolute Gasteiger partial charge is 0.496 e. The van der Waals surface area contributed by atoms with Crippen LogP contribution in [0.2, 0.25) is 5.02 Å². The van der Waals surface area contributed by atoms with Crippen LogP contribution in [0.5, 0.6) is 5.75 Å². The first-order valence-electron chi connectivity index (χ1n) is 8.88. The highest BCUT2D eigenvalue weighted by Crippen LogP contribution is 2.35. The molecule has 0 atom stereocenters. The van der Waals surface area contributed by atoms with Crippen LogP contribution in [0.15, 0.2) is 30.3 Å². The van der Waals surface area contributed by atoms with Crippen molar-refractivity contribution in [3.63, 3.8) is 0 Å². The van der Waals surface area contributed by atoms with Gasteiger partial charge in [-0.1, -0.05) is 22.9 Å². The Morgan fingerprint density at radius 1 is 1.27 bits per heavy atom. The third kappa shape index (κ3) is 5.03. The van der Waals surface area contributed by atoms with Gasteiger partial charge in [0.25, 0.3) is 5.91 Å².